The molecule has 1 aliphatic carbocycles. The molecule has 1 saturated heterocycles. The van der Waals surface area contributed by atoms with Gasteiger partial charge in [-0.3, -0.25) is 9.59 Å². The van der Waals surface area contributed by atoms with Crippen LogP contribution < -0.4 is 0 Å². The van der Waals surface area contributed by atoms with E-state index >= 15 is 0 Å². The molecular weight excluding hydrogens is 220 g/mol. The van der Waals surface area contributed by atoms with E-state index < -0.39 is 0 Å². The van der Waals surface area contributed by atoms with Gasteiger partial charge in [-0.25, -0.2) is 0 Å². The fourth-order valence-electron chi connectivity index (χ4n) is 3.35. The lowest BCUT2D eigenvalue weighted by Crippen LogP contribution is -2.62. The topological polar surface area (TPSA) is 52.6 Å². The molecule has 4 heteroatoms. The van der Waals surface area contributed by atoms with E-state index in [0.29, 0.717) is 0 Å². The largest absolute Gasteiger partial charge is 0.462 e. The van der Waals surface area contributed by atoms with E-state index in [1.165, 1.54) is 6.92 Å². The van der Waals surface area contributed by atoms with Crippen LogP contribution in [-0.2, 0) is 19.1 Å². The second-order valence-corrected chi connectivity index (χ2v) is 6.22. The highest BCUT2D eigenvalue weighted by molar-refractivity contribution is 5.78. The van der Waals surface area contributed by atoms with Crippen LogP contribution in [0.3, 0.4) is 0 Å². The molecule has 3 atom stereocenters. The molecule has 0 bridgehead atoms. The number of cyclic esters (lactones) is 1. The summed E-state index contributed by atoms with van der Waals surface area (Å²) in [4.78, 5) is 22.6. The van der Waals surface area contributed by atoms with Gasteiger partial charge in [0, 0.05) is 12.8 Å². The van der Waals surface area contributed by atoms with Gasteiger partial charge in [-0.1, -0.05) is 27.7 Å². The van der Waals surface area contributed by atoms with Gasteiger partial charge in [-0.05, 0) is 10.8 Å². The van der Waals surface area contributed by atoms with E-state index in [2.05, 4.69) is 27.7 Å². The molecule has 0 N–H and O–H groups in total. The lowest BCUT2D eigenvalue weighted by molar-refractivity contribution is -0.171. The quantitative estimate of drug-likeness (QED) is 0.690. The smallest absolute Gasteiger partial charge is 0.310 e. The van der Waals surface area contributed by atoms with Crippen LogP contribution in [0.5, 0.6) is 0 Å². The molecule has 0 amide bonds. The van der Waals surface area contributed by atoms with Crippen LogP contribution in [0.4, 0.5) is 0 Å². The highest BCUT2D eigenvalue weighted by atomic mass is 16.6. The molecule has 0 aromatic heterocycles. The van der Waals surface area contributed by atoms with E-state index in [0.717, 1.165) is 0 Å². The standard InChI is InChI=1S/C13H20O4/c1-7(14)16-6-8-9-10(11(15)17-8)13(4,5)12(9,2)3/h8-10H,6H2,1-5H3/t8-,9-,10-/m1/s1. The van der Waals surface area contributed by atoms with Crippen molar-refractivity contribution < 1.29 is 19.1 Å². The van der Waals surface area contributed by atoms with E-state index in [4.69, 9.17) is 9.47 Å². The minimum absolute atomic E-state index is 0.0225. The number of esters is 2. The van der Waals surface area contributed by atoms with Gasteiger partial charge in [0.15, 0.2) is 0 Å². The van der Waals surface area contributed by atoms with Gasteiger partial charge in [0.25, 0.3) is 0 Å². The van der Waals surface area contributed by atoms with Crippen molar-refractivity contribution in [2.75, 3.05) is 6.61 Å². The highest BCUT2D eigenvalue weighted by Crippen LogP contribution is 2.68. The molecule has 17 heavy (non-hydrogen) atoms. The van der Waals surface area contributed by atoms with Gasteiger partial charge < -0.3 is 9.47 Å². The number of carbonyl (C=O) groups is 2. The van der Waals surface area contributed by atoms with Crippen LogP contribution in [0.15, 0.2) is 0 Å². The Kier molecular flexibility index (Phi) is 2.53. The Bertz CT molecular complexity index is 370. The Balaban J connectivity index is 2.15. The van der Waals surface area contributed by atoms with E-state index in [1.54, 1.807) is 0 Å². The molecule has 4 nitrogen and oxygen atoms in total. The first-order valence-electron chi connectivity index (χ1n) is 6.03. The van der Waals surface area contributed by atoms with Crippen molar-refractivity contribution in [3.05, 3.63) is 0 Å². The summed E-state index contributed by atoms with van der Waals surface area (Å²) in [6.45, 7) is 10.0. The summed E-state index contributed by atoms with van der Waals surface area (Å²) in [5.74, 6) is -0.375. The first-order valence-corrected chi connectivity index (χ1v) is 6.03. The van der Waals surface area contributed by atoms with Crippen molar-refractivity contribution in [3.63, 3.8) is 0 Å². The molecule has 96 valence electrons. The Hall–Kier alpha value is -1.06. The Morgan fingerprint density at radius 2 is 1.88 bits per heavy atom. The summed E-state index contributed by atoms with van der Waals surface area (Å²) in [5, 5.41) is 0. The summed E-state index contributed by atoms with van der Waals surface area (Å²) in [6, 6.07) is 0. The number of carbonyl (C=O) groups excluding carboxylic acids is 2. The van der Waals surface area contributed by atoms with Gasteiger partial charge in [0.2, 0.25) is 0 Å². The second kappa shape index (κ2) is 3.47. The molecule has 0 aromatic carbocycles. The van der Waals surface area contributed by atoms with Gasteiger partial charge in [0.1, 0.15) is 12.7 Å². The minimum atomic E-state index is -0.333. The number of fused-ring (bicyclic) bond motifs is 1. The predicted octanol–water partition coefficient (Wildman–Crippen LogP) is 1.77. The number of ether oxygens (including phenoxy) is 2. The number of rotatable bonds is 2. The fourth-order valence-corrected chi connectivity index (χ4v) is 3.35. The summed E-state index contributed by atoms with van der Waals surface area (Å²) >= 11 is 0. The molecular formula is C13H20O4. The van der Waals surface area contributed by atoms with Crippen molar-refractivity contribution >= 4 is 11.9 Å². The van der Waals surface area contributed by atoms with Crippen LogP contribution in [0.1, 0.15) is 34.6 Å². The molecule has 0 unspecified atom stereocenters. The number of hydrogen-bond donors (Lipinski definition) is 0. The van der Waals surface area contributed by atoms with Crippen LogP contribution >= 0.6 is 0 Å². The summed E-state index contributed by atoms with van der Waals surface area (Å²) in [5.41, 5.74) is -0.0334. The molecule has 2 rings (SSSR count). The van der Waals surface area contributed by atoms with E-state index in [1.807, 2.05) is 0 Å². The maximum absolute atomic E-state index is 11.8. The van der Waals surface area contributed by atoms with Gasteiger partial charge in [-0.15, -0.1) is 0 Å². The van der Waals surface area contributed by atoms with Gasteiger partial charge in [0.05, 0.1) is 5.92 Å². The second-order valence-electron chi connectivity index (χ2n) is 6.22. The van der Waals surface area contributed by atoms with E-state index in [-0.39, 0.29) is 47.3 Å². The zero-order valence-electron chi connectivity index (χ0n) is 11.1. The molecule has 0 radical (unpaired) electrons. The third-order valence-electron chi connectivity index (χ3n) is 5.00. The van der Waals surface area contributed by atoms with Crippen molar-refractivity contribution in [2.45, 2.75) is 40.7 Å². The zero-order chi connectivity index (χ0) is 13.0. The molecule has 0 aromatic rings. The monoisotopic (exact) mass is 240 g/mol. The molecule has 1 saturated carbocycles. The summed E-state index contributed by atoms with van der Waals surface area (Å²) in [6.07, 6.45) is -0.278. The fraction of sp³-hybridized carbons (Fsp3) is 0.846. The van der Waals surface area contributed by atoms with Crippen LogP contribution in [0.25, 0.3) is 0 Å². The normalized spacial score (nSPS) is 36.8. The first kappa shape index (κ1) is 12.4. The van der Waals surface area contributed by atoms with Crippen molar-refractivity contribution in [2.24, 2.45) is 22.7 Å². The lowest BCUT2D eigenvalue weighted by Gasteiger charge is -2.61. The molecule has 2 fully saturated rings. The van der Waals surface area contributed by atoms with Gasteiger partial charge >= 0.3 is 11.9 Å². The summed E-state index contributed by atoms with van der Waals surface area (Å²) < 4.78 is 10.3. The molecule has 1 heterocycles. The van der Waals surface area contributed by atoms with Gasteiger partial charge in [-0.2, -0.15) is 0 Å². The molecule has 2 aliphatic rings. The number of hydrogen-bond acceptors (Lipinski definition) is 4. The maximum atomic E-state index is 11.8. The van der Waals surface area contributed by atoms with Crippen LogP contribution in [0.2, 0.25) is 0 Å². The van der Waals surface area contributed by atoms with Crippen molar-refractivity contribution in [1.29, 1.82) is 0 Å². The van der Waals surface area contributed by atoms with Crippen molar-refractivity contribution in [3.8, 4) is 0 Å². The Morgan fingerprint density at radius 1 is 1.29 bits per heavy atom. The Morgan fingerprint density at radius 3 is 2.41 bits per heavy atom. The first-order chi connectivity index (χ1) is 7.69. The average Bonchev–Trinajstić information content (AvgIpc) is 2.51. The van der Waals surface area contributed by atoms with Crippen molar-refractivity contribution in [1.82, 2.24) is 0 Å². The lowest BCUT2D eigenvalue weighted by atomic mass is 9.40. The summed E-state index contributed by atoms with van der Waals surface area (Å²) in [7, 11) is 0. The third kappa shape index (κ3) is 1.49. The molecule has 0 spiro atoms. The maximum Gasteiger partial charge on any atom is 0.310 e. The van der Waals surface area contributed by atoms with E-state index in [9.17, 15) is 9.59 Å². The average molecular weight is 240 g/mol. The SMILES string of the molecule is CC(=O)OC[C@H]1OC(=O)[C@H]2[C@@H]1C(C)(C)C2(C)C. The predicted molar refractivity (Wildman–Crippen MR) is 61.1 cm³/mol. The zero-order valence-corrected chi connectivity index (χ0v) is 11.1. The Labute approximate surface area is 102 Å². The molecule has 1 aliphatic heterocycles. The van der Waals surface area contributed by atoms with Crippen LogP contribution in [0, 0.1) is 22.7 Å². The minimum Gasteiger partial charge on any atom is -0.462 e. The van der Waals surface area contributed by atoms with Crippen LogP contribution in [-0.4, -0.2) is 24.6 Å². The third-order valence-corrected chi connectivity index (χ3v) is 5.00. The highest BCUT2D eigenvalue weighted by Gasteiger charge is 2.71.